The van der Waals surface area contributed by atoms with Crippen molar-refractivity contribution in [1.82, 2.24) is 0 Å². The van der Waals surface area contributed by atoms with Gasteiger partial charge in [-0.1, -0.05) is 11.6 Å². The van der Waals surface area contributed by atoms with Gasteiger partial charge in [0.2, 0.25) is 0 Å². The van der Waals surface area contributed by atoms with E-state index in [1.807, 2.05) is 23.9 Å². The number of nitrogens with zero attached hydrogens (tertiary/aromatic N) is 2. The van der Waals surface area contributed by atoms with E-state index in [-0.39, 0.29) is 0 Å². The zero-order valence-corrected chi connectivity index (χ0v) is 10.7. The van der Waals surface area contributed by atoms with Crippen LogP contribution >= 0.6 is 23.4 Å². The molecule has 1 fully saturated rings. The van der Waals surface area contributed by atoms with E-state index in [0.29, 0.717) is 16.6 Å². The summed E-state index contributed by atoms with van der Waals surface area (Å²) in [4.78, 5) is 2.20. The minimum Gasteiger partial charge on any atom is -0.370 e. The summed E-state index contributed by atoms with van der Waals surface area (Å²) in [6.45, 7) is 0. The molecule has 1 heterocycles. The maximum atomic E-state index is 9.09. The molecule has 0 amide bonds. The van der Waals surface area contributed by atoms with Crippen LogP contribution in [0.25, 0.3) is 0 Å². The first kappa shape index (κ1) is 11.6. The Bertz CT molecular complexity index is 422. The first-order valence-corrected chi connectivity index (χ1v) is 6.76. The van der Waals surface area contributed by atoms with Crippen molar-refractivity contribution in [3.05, 3.63) is 28.8 Å². The van der Waals surface area contributed by atoms with Crippen LogP contribution in [0, 0.1) is 11.3 Å². The van der Waals surface area contributed by atoms with Gasteiger partial charge in [0.05, 0.1) is 11.3 Å². The average molecular weight is 253 g/mol. The summed E-state index contributed by atoms with van der Waals surface area (Å²) < 4.78 is 0. The lowest BCUT2D eigenvalue weighted by molar-refractivity contribution is 0.699. The summed E-state index contributed by atoms with van der Waals surface area (Å²) in [7, 11) is 2.06. The van der Waals surface area contributed by atoms with Crippen LogP contribution in [0.5, 0.6) is 0 Å². The molecular weight excluding hydrogens is 240 g/mol. The first-order chi connectivity index (χ1) is 7.72. The van der Waals surface area contributed by atoms with Gasteiger partial charge in [0.15, 0.2) is 0 Å². The monoisotopic (exact) mass is 252 g/mol. The Balaban J connectivity index is 2.28. The topological polar surface area (TPSA) is 27.0 Å². The molecular formula is C12H13ClN2S. The molecule has 16 heavy (non-hydrogen) atoms. The smallest absolute Gasteiger partial charge is 0.101 e. The fourth-order valence-electron chi connectivity index (χ4n) is 1.93. The molecule has 1 aliphatic heterocycles. The summed E-state index contributed by atoms with van der Waals surface area (Å²) in [5.41, 5.74) is 1.64. The van der Waals surface area contributed by atoms with Gasteiger partial charge in [-0.25, -0.2) is 0 Å². The first-order valence-electron chi connectivity index (χ1n) is 5.22. The fourth-order valence-corrected chi connectivity index (χ4v) is 3.37. The van der Waals surface area contributed by atoms with E-state index >= 15 is 0 Å². The molecule has 1 atom stereocenters. The molecule has 1 aromatic carbocycles. The molecule has 0 bridgehead atoms. The van der Waals surface area contributed by atoms with Gasteiger partial charge in [0.25, 0.3) is 0 Å². The Morgan fingerprint density at radius 1 is 1.56 bits per heavy atom. The molecule has 0 aliphatic carbocycles. The number of hydrogen-bond acceptors (Lipinski definition) is 3. The Labute approximate surface area is 105 Å². The van der Waals surface area contributed by atoms with Crippen molar-refractivity contribution in [2.24, 2.45) is 0 Å². The molecule has 0 N–H and O–H groups in total. The Hall–Kier alpha value is -0.850. The quantitative estimate of drug-likeness (QED) is 0.809. The van der Waals surface area contributed by atoms with E-state index in [9.17, 15) is 0 Å². The third-order valence-electron chi connectivity index (χ3n) is 2.91. The summed E-state index contributed by atoms with van der Waals surface area (Å²) in [6.07, 6.45) is 1.19. The van der Waals surface area contributed by atoms with Crippen molar-refractivity contribution in [3.8, 4) is 6.07 Å². The van der Waals surface area contributed by atoms with Crippen molar-refractivity contribution in [3.63, 3.8) is 0 Å². The van der Waals surface area contributed by atoms with Crippen molar-refractivity contribution < 1.29 is 0 Å². The molecule has 0 saturated carbocycles. The number of anilines is 1. The maximum absolute atomic E-state index is 9.09. The second kappa shape index (κ2) is 4.99. The lowest BCUT2D eigenvalue weighted by atomic mass is 10.1. The van der Waals surface area contributed by atoms with Gasteiger partial charge in [0.1, 0.15) is 6.07 Å². The molecule has 1 saturated heterocycles. The van der Waals surface area contributed by atoms with Gasteiger partial charge >= 0.3 is 0 Å². The minimum absolute atomic E-state index is 0.540. The molecule has 0 radical (unpaired) electrons. The van der Waals surface area contributed by atoms with Gasteiger partial charge in [-0.3, -0.25) is 0 Å². The number of nitriles is 1. The summed E-state index contributed by atoms with van der Waals surface area (Å²) in [5, 5.41) is 9.71. The molecule has 1 aliphatic rings. The molecule has 1 aromatic rings. The number of rotatable bonds is 2. The Morgan fingerprint density at radius 2 is 2.38 bits per heavy atom. The van der Waals surface area contributed by atoms with Gasteiger partial charge in [-0.15, -0.1) is 0 Å². The summed E-state index contributed by atoms with van der Waals surface area (Å²) in [6, 6.07) is 8.26. The lowest BCUT2D eigenvalue weighted by Crippen LogP contribution is -2.31. The predicted molar refractivity (Wildman–Crippen MR) is 70.3 cm³/mol. The van der Waals surface area contributed by atoms with E-state index in [2.05, 4.69) is 18.0 Å². The van der Waals surface area contributed by atoms with Crippen LogP contribution in [0.4, 0.5) is 5.69 Å². The Kier molecular flexibility index (Phi) is 3.63. The van der Waals surface area contributed by atoms with Gasteiger partial charge < -0.3 is 4.90 Å². The number of thioether (sulfide) groups is 1. The second-order valence-electron chi connectivity index (χ2n) is 3.90. The molecule has 1 unspecified atom stereocenters. The van der Waals surface area contributed by atoms with Crippen LogP contribution < -0.4 is 4.90 Å². The zero-order chi connectivity index (χ0) is 11.5. The summed E-state index contributed by atoms with van der Waals surface area (Å²) in [5.74, 6) is 2.36. The Morgan fingerprint density at radius 3 is 3.00 bits per heavy atom. The van der Waals surface area contributed by atoms with Crippen LogP contribution in [0.2, 0.25) is 5.02 Å². The number of hydrogen-bond donors (Lipinski definition) is 0. The largest absolute Gasteiger partial charge is 0.370 e. The van der Waals surface area contributed by atoms with Crippen molar-refractivity contribution >= 4 is 29.1 Å². The van der Waals surface area contributed by atoms with E-state index in [1.54, 1.807) is 6.07 Å². The number of halogens is 1. The van der Waals surface area contributed by atoms with Crippen LogP contribution in [0.3, 0.4) is 0 Å². The van der Waals surface area contributed by atoms with Crippen LogP contribution in [-0.4, -0.2) is 24.6 Å². The number of benzene rings is 1. The SMILES string of the molecule is CN(c1ccc(Cl)cc1C#N)C1CCSC1. The molecule has 4 heteroatoms. The lowest BCUT2D eigenvalue weighted by Gasteiger charge is -2.26. The third kappa shape index (κ3) is 2.28. The second-order valence-corrected chi connectivity index (χ2v) is 5.49. The third-order valence-corrected chi connectivity index (χ3v) is 4.29. The normalized spacial score (nSPS) is 19.4. The standard InChI is InChI=1S/C12H13ClN2S/c1-15(11-4-5-16-8-11)12-3-2-10(13)6-9(12)7-14/h2-3,6,11H,4-5,8H2,1H3. The van der Waals surface area contributed by atoms with Crippen LogP contribution in [0.1, 0.15) is 12.0 Å². The van der Waals surface area contributed by atoms with Crippen molar-refractivity contribution in [2.45, 2.75) is 12.5 Å². The predicted octanol–water partition coefficient (Wildman–Crippen LogP) is 3.15. The van der Waals surface area contributed by atoms with Crippen molar-refractivity contribution in [1.29, 1.82) is 5.26 Å². The molecule has 2 nitrogen and oxygen atoms in total. The highest BCUT2D eigenvalue weighted by molar-refractivity contribution is 7.99. The van der Waals surface area contributed by atoms with Crippen LogP contribution in [-0.2, 0) is 0 Å². The summed E-state index contributed by atoms with van der Waals surface area (Å²) >= 11 is 7.86. The van der Waals surface area contributed by atoms with Gasteiger partial charge in [0, 0.05) is 23.9 Å². The highest BCUT2D eigenvalue weighted by atomic mass is 35.5. The van der Waals surface area contributed by atoms with E-state index < -0.39 is 0 Å². The maximum Gasteiger partial charge on any atom is 0.101 e. The molecule has 0 aromatic heterocycles. The molecule has 0 spiro atoms. The molecule has 84 valence electrons. The van der Waals surface area contributed by atoms with E-state index in [1.165, 1.54) is 12.2 Å². The van der Waals surface area contributed by atoms with Crippen LogP contribution in [0.15, 0.2) is 18.2 Å². The van der Waals surface area contributed by atoms with E-state index in [0.717, 1.165) is 11.4 Å². The van der Waals surface area contributed by atoms with Crippen molar-refractivity contribution in [2.75, 3.05) is 23.5 Å². The highest BCUT2D eigenvalue weighted by Gasteiger charge is 2.21. The highest BCUT2D eigenvalue weighted by Crippen LogP contribution is 2.29. The fraction of sp³-hybridized carbons (Fsp3) is 0.417. The van der Waals surface area contributed by atoms with Gasteiger partial charge in [-0.05, 0) is 30.4 Å². The van der Waals surface area contributed by atoms with E-state index in [4.69, 9.17) is 16.9 Å². The van der Waals surface area contributed by atoms with Gasteiger partial charge in [-0.2, -0.15) is 17.0 Å². The average Bonchev–Trinajstić information content (AvgIpc) is 2.81. The molecule has 2 rings (SSSR count). The minimum atomic E-state index is 0.540. The zero-order valence-electron chi connectivity index (χ0n) is 9.11.